The predicted molar refractivity (Wildman–Crippen MR) is 71.6 cm³/mol. The highest BCUT2D eigenvalue weighted by Gasteiger charge is 2.24. The van der Waals surface area contributed by atoms with Crippen LogP contribution in [0.25, 0.3) is 0 Å². The van der Waals surface area contributed by atoms with Crippen molar-refractivity contribution in [1.82, 2.24) is 10.6 Å². The van der Waals surface area contributed by atoms with Crippen LogP contribution < -0.4 is 10.6 Å². The van der Waals surface area contributed by atoms with E-state index in [1.165, 1.54) is 0 Å². The largest absolute Gasteiger partial charge is 0.383 e. The first kappa shape index (κ1) is 16.7. The summed E-state index contributed by atoms with van der Waals surface area (Å²) in [5, 5.41) is 6.30. The van der Waals surface area contributed by atoms with Crippen molar-refractivity contribution in [1.29, 1.82) is 0 Å². The van der Waals surface area contributed by atoms with Crippen molar-refractivity contribution < 1.29 is 9.53 Å². The maximum Gasteiger partial charge on any atom is 0.224 e. The number of methoxy groups -OCH3 is 1. The van der Waals surface area contributed by atoms with Crippen LogP contribution in [-0.4, -0.2) is 38.8 Å². The molecule has 2 unspecified atom stereocenters. The smallest absolute Gasteiger partial charge is 0.224 e. The molecular weight excluding hydrogens is 240 g/mol. The molecule has 0 saturated carbocycles. The third kappa shape index (κ3) is 6.24. The van der Waals surface area contributed by atoms with Gasteiger partial charge in [-0.15, -0.1) is 12.4 Å². The summed E-state index contributed by atoms with van der Waals surface area (Å²) in [6.07, 6.45) is 4.26. The lowest BCUT2D eigenvalue weighted by molar-refractivity contribution is -0.125. The van der Waals surface area contributed by atoms with E-state index in [1.807, 2.05) is 0 Å². The molecule has 0 aliphatic carbocycles. The van der Waals surface area contributed by atoms with Crippen LogP contribution in [0.3, 0.4) is 0 Å². The molecule has 0 aromatic heterocycles. The highest BCUT2D eigenvalue weighted by molar-refractivity contribution is 5.85. The molecule has 0 radical (unpaired) electrons. The normalized spacial score (nSPS) is 20.7. The van der Waals surface area contributed by atoms with Crippen molar-refractivity contribution in [2.45, 2.75) is 38.6 Å². The maximum atomic E-state index is 11.9. The van der Waals surface area contributed by atoms with Crippen LogP contribution in [0.4, 0.5) is 0 Å². The number of carbonyl (C=O) groups excluding carboxylic acids is 1. The van der Waals surface area contributed by atoms with Gasteiger partial charge in [-0.1, -0.05) is 19.8 Å². The topological polar surface area (TPSA) is 50.4 Å². The number of hydrogen-bond acceptors (Lipinski definition) is 3. The lowest BCUT2D eigenvalue weighted by atomic mass is 10.1. The standard InChI is InChI=1S/C12H24N2O2.ClH/c1-3-4-5-11(9-16-2)14-12(15)10-6-7-13-8-10;/h10-11,13H,3-9H2,1-2H3,(H,14,15);1H. The third-order valence-electron chi connectivity index (χ3n) is 3.05. The average Bonchev–Trinajstić information content (AvgIpc) is 2.79. The quantitative estimate of drug-likeness (QED) is 0.730. The van der Waals surface area contributed by atoms with E-state index in [0.29, 0.717) is 6.61 Å². The van der Waals surface area contributed by atoms with Crippen molar-refractivity contribution in [2.75, 3.05) is 26.8 Å². The zero-order valence-corrected chi connectivity index (χ0v) is 11.6. The molecule has 1 heterocycles. The van der Waals surface area contributed by atoms with E-state index >= 15 is 0 Å². The molecule has 1 rings (SSSR count). The molecule has 17 heavy (non-hydrogen) atoms. The molecule has 1 aliphatic rings. The van der Waals surface area contributed by atoms with Crippen LogP contribution in [-0.2, 0) is 9.53 Å². The number of nitrogens with one attached hydrogen (secondary N) is 2. The predicted octanol–water partition coefficient (Wildman–Crippen LogP) is 1.34. The summed E-state index contributed by atoms with van der Waals surface area (Å²) < 4.78 is 5.13. The summed E-state index contributed by atoms with van der Waals surface area (Å²) in [7, 11) is 1.68. The summed E-state index contributed by atoms with van der Waals surface area (Å²) in [5.41, 5.74) is 0. The molecule has 0 bridgehead atoms. The van der Waals surface area contributed by atoms with Gasteiger partial charge in [-0.05, 0) is 19.4 Å². The van der Waals surface area contributed by atoms with Gasteiger partial charge in [0.05, 0.1) is 18.6 Å². The molecule has 0 spiro atoms. The van der Waals surface area contributed by atoms with E-state index in [1.54, 1.807) is 7.11 Å². The summed E-state index contributed by atoms with van der Waals surface area (Å²) in [5.74, 6) is 0.337. The zero-order valence-electron chi connectivity index (χ0n) is 10.8. The zero-order chi connectivity index (χ0) is 11.8. The molecule has 102 valence electrons. The minimum Gasteiger partial charge on any atom is -0.383 e. The summed E-state index contributed by atoms with van der Waals surface area (Å²) in [6, 6.07) is 0.179. The first-order valence-electron chi connectivity index (χ1n) is 6.28. The Balaban J connectivity index is 0.00000256. The minimum absolute atomic E-state index is 0. The minimum atomic E-state index is 0. The van der Waals surface area contributed by atoms with Gasteiger partial charge in [0, 0.05) is 13.7 Å². The average molecular weight is 265 g/mol. The van der Waals surface area contributed by atoms with Crippen molar-refractivity contribution in [3.63, 3.8) is 0 Å². The molecule has 2 atom stereocenters. The maximum absolute atomic E-state index is 11.9. The SMILES string of the molecule is CCCCC(COC)NC(=O)C1CCNC1.Cl. The molecule has 1 saturated heterocycles. The number of hydrogen-bond donors (Lipinski definition) is 2. The van der Waals surface area contributed by atoms with E-state index in [-0.39, 0.29) is 30.3 Å². The van der Waals surface area contributed by atoms with Gasteiger partial charge in [0.15, 0.2) is 0 Å². The molecule has 4 nitrogen and oxygen atoms in total. The molecule has 1 aliphatic heterocycles. The molecule has 0 aromatic carbocycles. The lowest BCUT2D eigenvalue weighted by Crippen LogP contribution is -2.42. The second-order valence-electron chi connectivity index (χ2n) is 4.49. The van der Waals surface area contributed by atoms with E-state index < -0.39 is 0 Å². The Hall–Kier alpha value is -0.320. The van der Waals surface area contributed by atoms with Gasteiger partial charge in [-0.2, -0.15) is 0 Å². The van der Waals surface area contributed by atoms with Gasteiger partial charge < -0.3 is 15.4 Å². The fraction of sp³-hybridized carbons (Fsp3) is 0.917. The van der Waals surface area contributed by atoms with Crippen molar-refractivity contribution >= 4 is 18.3 Å². The van der Waals surface area contributed by atoms with E-state index in [0.717, 1.165) is 38.8 Å². The molecular formula is C12H25ClN2O2. The van der Waals surface area contributed by atoms with Gasteiger partial charge in [-0.25, -0.2) is 0 Å². The van der Waals surface area contributed by atoms with Crippen molar-refractivity contribution in [3.05, 3.63) is 0 Å². The summed E-state index contributed by atoms with van der Waals surface area (Å²) in [4.78, 5) is 11.9. The van der Waals surface area contributed by atoms with Gasteiger partial charge in [0.2, 0.25) is 5.91 Å². The lowest BCUT2D eigenvalue weighted by Gasteiger charge is -2.19. The van der Waals surface area contributed by atoms with Crippen LogP contribution in [0.1, 0.15) is 32.6 Å². The van der Waals surface area contributed by atoms with E-state index in [9.17, 15) is 4.79 Å². The van der Waals surface area contributed by atoms with Gasteiger partial charge in [0.25, 0.3) is 0 Å². The van der Waals surface area contributed by atoms with Crippen LogP contribution >= 0.6 is 12.4 Å². The number of halogens is 1. The number of rotatable bonds is 7. The Morgan fingerprint density at radius 1 is 1.59 bits per heavy atom. The highest BCUT2D eigenvalue weighted by Crippen LogP contribution is 2.09. The third-order valence-corrected chi connectivity index (χ3v) is 3.05. The van der Waals surface area contributed by atoms with Gasteiger partial charge in [0.1, 0.15) is 0 Å². The fourth-order valence-electron chi connectivity index (χ4n) is 2.05. The van der Waals surface area contributed by atoms with Crippen LogP contribution in [0, 0.1) is 5.92 Å². The Bertz CT molecular complexity index is 209. The molecule has 1 amide bonds. The Kier molecular flexibility index (Phi) is 9.50. The molecule has 1 fully saturated rings. The molecule has 5 heteroatoms. The Morgan fingerprint density at radius 2 is 2.35 bits per heavy atom. The van der Waals surface area contributed by atoms with Gasteiger partial charge >= 0.3 is 0 Å². The van der Waals surface area contributed by atoms with Crippen LogP contribution in [0.5, 0.6) is 0 Å². The summed E-state index contributed by atoms with van der Waals surface area (Å²) in [6.45, 7) is 4.56. The second-order valence-corrected chi connectivity index (χ2v) is 4.49. The second kappa shape index (κ2) is 9.68. The Labute approximate surface area is 110 Å². The number of amides is 1. The van der Waals surface area contributed by atoms with Crippen LogP contribution in [0.2, 0.25) is 0 Å². The fourth-order valence-corrected chi connectivity index (χ4v) is 2.05. The first-order chi connectivity index (χ1) is 7.77. The number of ether oxygens (including phenoxy) is 1. The molecule has 2 N–H and O–H groups in total. The number of carbonyl (C=O) groups is 1. The Morgan fingerprint density at radius 3 is 2.88 bits per heavy atom. The van der Waals surface area contributed by atoms with Gasteiger partial charge in [-0.3, -0.25) is 4.79 Å². The first-order valence-corrected chi connectivity index (χ1v) is 6.28. The summed E-state index contributed by atoms with van der Waals surface area (Å²) >= 11 is 0. The van der Waals surface area contributed by atoms with Crippen molar-refractivity contribution in [3.8, 4) is 0 Å². The van der Waals surface area contributed by atoms with Crippen molar-refractivity contribution in [2.24, 2.45) is 5.92 Å². The monoisotopic (exact) mass is 264 g/mol. The van der Waals surface area contributed by atoms with Crippen LogP contribution in [0.15, 0.2) is 0 Å². The number of unbranched alkanes of at least 4 members (excludes halogenated alkanes) is 1. The van der Waals surface area contributed by atoms with E-state index in [4.69, 9.17) is 4.74 Å². The van der Waals surface area contributed by atoms with E-state index in [2.05, 4.69) is 17.6 Å². The highest BCUT2D eigenvalue weighted by atomic mass is 35.5. The molecule has 0 aromatic rings.